The molecular weight excluding hydrogens is 292 g/mol. The lowest BCUT2D eigenvalue weighted by Crippen LogP contribution is -2.14. The number of hydrogen-bond acceptors (Lipinski definition) is 4. The van der Waals surface area contributed by atoms with E-state index in [0.717, 1.165) is 11.3 Å². The summed E-state index contributed by atoms with van der Waals surface area (Å²) in [6.07, 6.45) is 1.61. The van der Waals surface area contributed by atoms with Gasteiger partial charge in [-0.25, -0.2) is 19.3 Å². The minimum atomic E-state index is -0.283. The number of rotatable bonds is 2. The highest BCUT2D eigenvalue weighted by Crippen LogP contribution is 2.21. The number of nitrogens with one attached hydrogen (secondary N) is 1. The molecule has 0 aliphatic carbocycles. The van der Waals surface area contributed by atoms with Crippen LogP contribution in [0.4, 0.5) is 0 Å². The van der Waals surface area contributed by atoms with Crippen molar-refractivity contribution in [1.82, 2.24) is 19.5 Å². The lowest BCUT2D eigenvalue weighted by atomic mass is 10.1. The summed E-state index contributed by atoms with van der Waals surface area (Å²) in [6, 6.07) is 15.9. The van der Waals surface area contributed by atoms with Crippen molar-refractivity contribution in [1.29, 1.82) is 0 Å². The number of hydrogen-bond donors (Lipinski definition) is 2. The maximum Gasteiger partial charge on any atom is 0.333 e. The lowest BCUT2D eigenvalue weighted by Gasteiger charge is -2.03. The normalized spacial score (nSPS) is 11.0. The number of phenols is 1. The van der Waals surface area contributed by atoms with E-state index < -0.39 is 0 Å². The summed E-state index contributed by atoms with van der Waals surface area (Å²) in [4.78, 5) is 23.8. The molecule has 0 spiro atoms. The summed E-state index contributed by atoms with van der Waals surface area (Å²) in [5.74, 6) is 0.187. The molecule has 0 saturated carbocycles. The predicted octanol–water partition coefficient (Wildman–Crippen LogP) is 2.48. The standard InChI is InChI=1S/C17H12N4O2/c22-13-8-6-11(7-9-13)14-10-18-16-15(19-14)20-17(23)21(16)12-4-2-1-3-5-12/h1-10,22H,(H,19,20,23). The second kappa shape index (κ2) is 5.10. The summed E-state index contributed by atoms with van der Waals surface area (Å²) in [5.41, 5.74) is 2.78. The zero-order valence-corrected chi connectivity index (χ0v) is 12.0. The van der Waals surface area contributed by atoms with Crippen molar-refractivity contribution < 1.29 is 5.11 Å². The highest BCUT2D eigenvalue weighted by Gasteiger charge is 2.12. The van der Waals surface area contributed by atoms with Crippen LogP contribution in [0.3, 0.4) is 0 Å². The molecule has 2 aromatic heterocycles. The van der Waals surface area contributed by atoms with Gasteiger partial charge in [0.05, 0.1) is 17.6 Å². The van der Waals surface area contributed by atoms with Crippen LogP contribution in [-0.4, -0.2) is 24.6 Å². The summed E-state index contributed by atoms with van der Waals surface area (Å²) in [5, 5.41) is 9.35. The largest absolute Gasteiger partial charge is 0.508 e. The maximum atomic E-state index is 12.2. The second-order valence-corrected chi connectivity index (χ2v) is 5.08. The Morgan fingerprint density at radius 2 is 1.74 bits per heavy atom. The molecule has 23 heavy (non-hydrogen) atoms. The molecule has 2 N–H and O–H groups in total. The van der Waals surface area contributed by atoms with Gasteiger partial charge in [-0.05, 0) is 36.4 Å². The molecule has 2 heterocycles. The fraction of sp³-hybridized carbons (Fsp3) is 0. The molecule has 0 atom stereocenters. The van der Waals surface area contributed by atoms with Gasteiger partial charge in [0.1, 0.15) is 5.75 Å². The van der Waals surface area contributed by atoms with Crippen LogP contribution < -0.4 is 5.69 Å². The van der Waals surface area contributed by atoms with Gasteiger partial charge in [0.15, 0.2) is 11.3 Å². The predicted molar refractivity (Wildman–Crippen MR) is 86.6 cm³/mol. The molecule has 0 radical (unpaired) electrons. The molecule has 0 unspecified atom stereocenters. The van der Waals surface area contributed by atoms with Crippen LogP contribution in [0.2, 0.25) is 0 Å². The van der Waals surface area contributed by atoms with Gasteiger partial charge in [-0.2, -0.15) is 0 Å². The molecule has 0 aliphatic rings. The Labute approximate surface area is 130 Å². The van der Waals surface area contributed by atoms with Crippen molar-refractivity contribution in [2.75, 3.05) is 0 Å². The average molecular weight is 304 g/mol. The van der Waals surface area contributed by atoms with Crippen LogP contribution in [0, 0.1) is 0 Å². The van der Waals surface area contributed by atoms with Gasteiger partial charge in [-0.3, -0.25) is 4.98 Å². The molecule has 0 bridgehead atoms. The van der Waals surface area contributed by atoms with Crippen LogP contribution in [-0.2, 0) is 0 Å². The van der Waals surface area contributed by atoms with E-state index in [-0.39, 0.29) is 11.4 Å². The molecule has 4 rings (SSSR count). The van der Waals surface area contributed by atoms with E-state index in [1.807, 2.05) is 30.3 Å². The Balaban J connectivity index is 1.89. The van der Waals surface area contributed by atoms with Gasteiger partial charge in [0, 0.05) is 5.56 Å². The van der Waals surface area contributed by atoms with Crippen LogP contribution >= 0.6 is 0 Å². The van der Waals surface area contributed by atoms with E-state index in [0.29, 0.717) is 17.0 Å². The highest BCUT2D eigenvalue weighted by molar-refractivity contribution is 5.72. The molecule has 0 aliphatic heterocycles. The fourth-order valence-electron chi connectivity index (χ4n) is 2.47. The third kappa shape index (κ3) is 2.26. The van der Waals surface area contributed by atoms with E-state index in [1.54, 1.807) is 30.5 Å². The van der Waals surface area contributed by atoms with Crippen LogP contribution in [0.5, 0.6) is 5.75 Å². The molecule has 6 nitrogen and oxygen atoms in total. The number of imidazole rings is 1. The van der Waals surface area contributed by atoms with Crippen molar-refractivity contribution in [3.63, 3.8) is 0 Å². The van der Waals surface area contributed by atoms with Crippen LogP contribution in [0.15, 0.2) is 65.6 Å². The first kappa shape index (κ1) is 13.3. The van der Waals surface area contributed by atoms with Crippen LogP contribution in [0.1, 0.15) is 0 Å². The third-order valence-electron chi connectivity index (χ3n) is 3.57. The quantitative estimate of drug-likeness (QED) is 0.596. The van der Waals surface area contributed by atoms with Gasteiger partial charge in [0.2, 0.25) is 0 Å². The molecule has 112 valence electrons. The molecule has 4 aromatic rings. The minimum absolute atomic E-state index is 0.187. The van der Waals surface area contributed by atoms with Crippen molar-refractivity contribution in [2.45, 2.75) is 0 Å². The monoisotopic (exact) mass is 304 g/mol. The number of fused-ring (bicyclic) bond motifs is 1. The smallest absolute Gasteiger partial charge is 0.333 e. The number of phenolic OH excluding ortho intramolecular Hbond substituents is 1. The first-order valence-corrected chi connectivity index (χ1v) is 7.05. The number of aromatic nitrogens is 4. The van der Waals surface area contributed by atoms with Crippen molar-refractivity contribution in [2.24, 2.45) is 0 Å². The first-order chi connectivity index (χ1) is 11.2. The fourth-order valence-corrected chi connectivity index (χ4v) is 2.47. The SMILES string of the molecule is O=c1[nH]c2nc(-c3ccc(O)cc3)cnc2n1-c1ccccc1. The number of H-pyrrole nitrogens is 1. The highest BCUT2D eigenvalue weighted by atomic mass is 16.3. The van der Waals surface area contributed by atoms with E-state index in [4.69, 9.17) is 0 Å². The summed E-state index contributed by atoms with van der Waals surface area (Å²) in [6.45, 7) is 0. The first-order valence-electron chi connectivity index (χ1n) is 7.05. The van der Waals surface area contributed by atoms with E-state index in [2.05, 4.69) is 15.0 Å². The molecule has 0 saturated heterocycles. The number of aromatic hydroxyl groups is 1. The summed E-state index contributed by atoms with van der Waals surface area (Å²) < 4.78 is 1.49. The van der Waals surface area contributed by atoms with Gasteiger partial charge in [0.25, 0.3) is 0 Å². The van der Waals surface area contributed by atoms with E-state index >= 15 is 0 Å². The number of aromatic amines is 1. The van der Waals surface area contributed by atoms with E-state index in [1.165, 1.54) is 4.57 Å². The average Bonchev–Trinajstić information content (AvgIpc) is 2.91. The van der Waals surface area contributed by atoms with Crippen molar-refractivity contribution >= 4 is 11.3 Å². The number of nitrogens with zero attached hydrogens (tertiary/aromatic N) is 3. The van der Waals surface area contributed by atoms with Crippen molar-refractivity contribution in [3.05, 3.63) is 71.3 Å². The summed E-state index contributed by atoms with van der Waals surface area (Å²) in [7, 11) is 0. The van der Waals surface area contributed by atoms with E-state index in [9.17, 15) is 9.90 Å². The Bertz CT molecular complexity index is 1030. The Hall–Kier alpha value is -3.41. The lowest BCUT2D eigenvalue weighted by molar-refractivity contribution is 0.475. The molecule has 0 amide bonds. The Morgan fingerprint density at radius 1 is 1.00 bits per heavy atom. The summed E-state index contributed by atoms with van der Waals surface area (Å²) >= 11 is 0. The Kier molecular flexibility index (Phi) is 2.94. The Morgan fingerprint density at radius 3 is 2.48 bits per heavy atom. The zero-order chi connectivity index (χ0) is 15.8. The van der Waals surface area contributed by atoms with Crippen LogP contribution in [0.25, 0.3) is 28.2 Å². The molecular formula is C17H12N4O2. The number of para-hydroxylation sites is 1. The van der Waals surface area contributed by atoms with Crippen molar-refractivity contribution in [3.8, 4) is 22.7 Å². The molecule has 2 aromatic carbocycles. The third-order valence-corrected chi connectivity index (χ3v) is 3.57. The topological polar surface area (TPSA) is 83.8 Å². The maximum absolute atomic E-state index is 12.2. The molecule has 6 heteroatoms. The molecule has 0 fully saturated rings. The second-order valence-electron chi connectivity index (χ2n) is 5.08. The minimum Gasteiger partial charge on any atom is -0.508 e. The number of benzene rings is 2. The zero-order valence-electron chi connectivity index (χ0n) is 12.0. The van der Waals surface area contributed by atoms with Gasteiger partial charge in [-0.1, -0.05) is 18.2 Å². The van der Waals surface area contributed by atoms with Gasteiger partial charge < -0.3 is 5.11 Å². The van der Waals surface area contributed by atoms with Gasteiger partial charge in [-0.15, -0.1) is 0 Å². The van der Waals surface area contributed by atoms with Gasteiger partial charge >= 0.3 is 5.69 Å².